The van der Waals surface area contributed by atoms with Gasteiger partial charge in [-0.1, -0.05) is 61.2 Å². The Labute approximate surface area is 161 Å². The summed E-state index contributed by atoms with van der Waals surface area (Å²) in [5.41, 5.74) is 5.75. The molecule has 26 heavy (non-hydrogen) atoms. The number of carbonyl (C=O) groups is 1. The molecule has 0 aliphatic carbocycles. The Bertz CT molecular complexity index is 873. The van der Waals surface area contributed by atoms with Crippen molar-refractivity contribution in [2.75, 3.05) is 0 Å². The number of para-hydroxylation sites is 1. The number of rotatable bonds is 7. The van der Waals surface area contributed by atoms with Gasteiger partial charge in [-0.05, 0) is 31.0 Å². The zero-order valence-corrected chi connectivity index (χ0v) is 16.4. The van der Waals surface area contributed by atoms with Gasteiger partial charge in [0.1, 0.15) is 0 Å². The number of hydrazone groups is 1. The first-order valence-corrected chi connectivity index (χ1v) is 10.2. The third-order valence-corrected chi connectivity index (χ3v) is 6.33. The van der Waals surface area contributed by atoms with Crippen molar-refractivity contribution >= 4 is 44.9 Å². The Morgan fingerprint density at radius 3 is 2.65 bits per heavy atom. The molecule has 2 aromatic carbocycles. The second kappa shape index (κ2) is 8.96. The van der Waals surface area contributed by atoms with Crippen LogP contribution in [0.25, 0.3) is 10.2 Å². The van der Waals surface area contributed by atoms with Crippen molar-refractivity contribution in [3.05, 3.63) is 60.2 Å². The van der Waals surface area contributed by atoms with Gasteiger partial charge in [-0.3, -0.25) is 4.79 Å². The molecular weight excluding hydrogens is 362 g/mol. The van der Waals surface area contributed by atoms with E-state index in [0.29, 0.717) is 0 Å². The van der Waals surface area contributed by atoms with Gasteiger partial charge < -0.3 is 0 Å². The molecule has 0 aliphatic rings. The monoisotopic (exact) mass is 383 g/mol. The molecule has 3 aromatic rings. The smallest absolute Gasteiger partial charge is 0.253 e. The topological polar surface area (TPSA) is 54.4 Å². The normalized spacial score (nSPS) is 12.9. The van der Waals surface area contributed by atoms with Crippen molar-refractivity contribution in [1.82, 2.24) is 10.4 Å². The molecule has 0 saturated heterocycles. The largest absolute Gasteiger partial charge is 0.272 e. The van der Waals surface area contributed by atoms with Gasteiger partial charge in [-0.15, -0.1) is 11.3 Å². The number of benzene rings is 2. The quantitative estimate of drug-likeness (QED) is 0.359. The fourth-order valence-electron chi connectivity index (χ4n) is 2.50. The van der Waals surface area contributed by atoms with E-state index in [-0.39, 0.29) is 11.2 Å². The molecule has 134 valence electrons. The van der Waals surface area contributed by atoms with E-state index in [0.717, 1.165) is 33.1 Å². The van der Waals surface area contributed by atoms with E-state index < -0.39 is 0 Å². The Morgan fingerprint density at radius 2 is 1.92 bits per heavy atom. The van der Waals surface area contributed by atoms with Gasteiger partial charge in [0.2, 0.25) is 0 Å². The maximum absolute atomic E-state index is 12.5. The number of nitrogens with zero attached hydrogens (tertiary/aromatic N) is 2. The molecule has 0 bridgehead atoms. The maximum atomic E-state index is 12.5. The fraction of sp³-hybridized carbons (Fsp3) is 0.250. The number of thiazole rings is 1. The van der Waals surface area contributed by atoms with Crippen LogP contribution in [0, 0.1) is 0 Å². The molecule has 6 heteroatoms. The summed E-state index contributed by atoms with van der Waals surface area (Å²) in [6, 6.07) is 18.1. The van der Waals surface area contributed by atoms with E-state index in [2.05, 4.69) is 33.7 Å². The SMILES string of the molecule is CC[C@@H](Sc1nc2ccccc2s1)C(=O)NN=C(C)Cc1ccccc1. The van der Waals surface area contributed by atoms with E-state index in [1.165, 1.54) is 17.3 Å². The van der Waals surface area contributed by atoms with Gasteiger partial charge in [0.05, 0.1) is 15.5 Å². The van der Waals surface area contributed by atoms with E-state index >= 15 is 0 Å². The van der Waals surface area contributed by atoms with E-state index in [1.54, 1.807) is 11.3 Å². The van der Waals surface area contributed by atoms with Crippen molar-refractivity contribution < 1.29 is 4.79 Å². The first kappa shape index (κ1) is 18.6. The molecule has 1 atom stereocenters. The highest BCUT2D eigenvalue weighted by Crippen LogP contribution is 2.33. The number of thioether (sulfide) groups is 1. The summed E-state index contributed by atoms with van der Waals surface area (Å²) in [5, 5.41) is 4.05. The van der Waals surface area contributed by atoms with Crippen molar-refractivity contribution in [3.8, 4) is 0 Å². The molecule has 4 nitrogen and oxygen atoms in total. The van der Waals surface area contributed by atoms with Crippen LogP contribution in [0.15, 0.2) is 64.0 Å². The molecule has 1 N–H and O–H groups in total. The lowest BCUT2D eigenvalue weighted by Gasteiger charge is -2.11. The predicted molar refractivity (Wildman–Crippen MR) is 111 cm³/mol. The third-order valence-electron chi connectivity index (χ3n) is 3.84. The van der Waals surface area contributed by atoms with Gasteiger partial charge in [0.25, 0.3) is 5.91 Å². The number of carbonyl (C=O) groups excluding carboxylic acids is 1. The standard InChI is InChI=1S/C20H21N3OS2/c1-3-17(25-20-21-16-11-7-8-12-18(16)26-20)19(24)23-22-14(2)13-15-9-5-4-6-10-15/h4-12,17H,3,13H2,1-2H3,(H,23,24)/t17-/m1/s1. The van der Waals surface area contributed by atoms with Crippen LogP contribution in [0.4, 0.5) is 0 Å². The fourth-order valence-corrected chi connectivity index (χ4v) is 4.73. The highest BCUT2D eigenvalue weighted by Gasteiger charge is 2.19. The Kier molecular flexibility index (Phi) is 6.41. The minimum Gasteiger partial charge on any atom is -0.272 e. The van der Waals surface area contributed by atoms with Crippen LogP contribution in [-0.4, -0.2) is 21.9 Å². The predicted octanol–water partition coefficient (Wildman–Crippen LogP) is 4.90. The first-order chi connectivity index (χ1) is 12.7. The molecule has 0 spiro atoms. The molecule has 0 aliphatic heterocycles. The number of hydrogen-bond donors (Lipinski definition) is 1. The van der Waals surface area contributed by atoms with Gasteiger partial charge >= 0.3 is 0 Å². The summed E-state index contributed by atoms with van der Waals surface area (Å²) in [4.78, 5) is 17.1. The number of amides is 1. The minimum atomic E-state index is -0.205. The average Bonchev–Trinajstić information content (AvgIpc) is 3.07. The summed E-state index contributed by atoms with van der Waals surface area (Å²) < 4.78 is 2.06. The molecular formula is C20H21N3OS2. The van der Waals surface area contributed by atoms with Crippen LogP contribution in [0.3, 0.4) is 0 Å². The first-order valence-electron chi connectivity index (χ1n) is 8.55. The zero-order chi connectivity index (χ0) is 18.4. The third kappa shape index (κ3) is 4.93. The zero-order valence-electron chi connectivity index (χ0n) is 14.8. The molecule has 0 fully saturated rings. The van der Waals surface area contributed by atoms with Crippen LogP contribution in [0.1, 0.15) is 25.8 Å². The lowest BCUT2D eigenvalue weighted by Crippen LogP contribution is -2.29. The van der Waals surface area contributed by atoms with Gasteiger partial charge in [-0.2, -0.15) is 5.10 Å². The summed E-state index contributed by atoms with van der Waals surface area (Å²) in [5.74, 6) is -0.0795. The Hall–Kier alpha value is -2.18. The molecule has 1 amide bonds. The van der Waals surface area contributed by atoms with E-state index in [4.69, 9.17) is 0 Å². The molecule has 3 rings (SSSR count). The van der Waals surface area contributed by atoms with Gasteiger partial charge in [-0.25, -0.2) is 10.4 Å². The van der Waals surface area contributed by atoms with Gasteiger partial charge in [0.15, 0.2) is 4.34 Å². The Balaban J connectivity index is 1.60. The van der Waals surface area contributed by atoms with Crippen LogP contribution >= 0.6 is 23.1 Å². The van der Waals surface area contributed by atoms with E-state index in [1.807, 2.05) is 50.2 Å². The second-order valence-electron chi connectivity index (χ2n) is 5.95. The number of fused-ring (bicyclic) bond motifs is 1. The van der Waals surface area contributed by atoms with Crippen molar-refractivity contribution in [1.29, 1.82) is 0 Å². The average molecular weight is 384 g/mol. The summed E-state index contributed by atoms with van der Waals surface area (Å²) in [6.07, 6.45) is 1.45. The summed E-state index contributed by atoms with van der Waals surface area (Å²) in [6.45, 7) is 3.93. The van der Waals surface area contributed by atoms with Crippen LogP contribution in [0.5, 0.6) is 0 Å². The number of nitrogens with one attached hydrogen (secondary N) is 1. The van der Waals surface area contributed by atoms with Crippen LogP contribution < -0.4 is 5.43 Å². The number of hydrogen-bond acceptors (Lipinski definition) is 5. The molecule has 1 aromatic heterocycles. The van der Waals surface area contributed by atoms with Crippen molar-refractivity contribution in [2.24, 2.45) is 5.10 Å². The Morgan fingerprint density at radius 1 is 1.19 bits per heavy atom. The summed E-state index contributed by atoms with van der Waals surface area (Å²) >= 11 is 3.12. The van der Waals surface area contributed by atoms with Crippen LogP contribution in [0.2, 0.25) is 0 Å². The van der Waals surface area contributed by atoms with Crippen LogP contribution in [-0.2, 0) is 11.2 Å². The number of aromatic nitrogens is 1. The molecule has 1 heterocycles. The molecule has 0 unspecified atom stereocenters. The molecule has 0 saturated carbocycles. The summed E-state index contributed by atoms with van der Waals surface area (Å²) in [7, 11) is 0. The minimum absolute atomic E-state index is 0.0795. The maximum Gasteiger partial charge on any atom is 0.253 e. The van der Waals surface area contributed by atoms with Crippen molar-refractivity contribution in [3.63, 3.8) is 0 Å². The highest BCUT2D eigenvalue weighted by atomic mass is 32.2. The molecule has 0 radical (unpaired) electrons. The van der Waals surface area contributed by atoms with E-state index in [9.17, 15) is 4.79 Å². The lowest BCUT2D eigenvalue weighted by molar-refractivity contribution is -0.120. The van der Waals surface area contributed by atoms with Crippen molar-refractivity contribution in [2.45, 2.75) is 36.3 Å². The highest BCUT2D eigenvalue weighted by molar-refractivity contribution is 8.02. The second-order valence-corrected chi connectivity index (χ2v) is 8.43. The lowest BCUT2D eigenvalue weighted by atomic mass is 10.1. The van der Waals surface area contributed by atoms with Gasteiger partial charge in [0, 0.05) is 12.1 Å².